The number of hydrogen-bond acceptors (Lipinski definition) is 4. The number of rotatable bonds is 5. The number of primary amides is 1. The molecule has 4 N–H and O–H groups in total. The fourth-order valence-electron chi connectivity index (χ4n) is 2.40. The van der Waals surface area contributed by atoms with Crippen molar-refractivity contribution in [3.8, 4) is 0 Å². The van der Waals surface area contributed by atoms with Crippen molar-refractivity contribution < 1.29 is 13.9 Å². The number of halogens is 1. The lowest BCUT2D eigenvalue weighted by Crippen LogP contribution is -2.46. The van der Waals surface area contributed by atoms with Gasteiger partial charge in [0.15, 0.2) is 0 Å². The molecule has 0 saturated heterocycles. The van der Waals surface area contributed by atoms with Crippen molar-refractivity contribution >= 4 is 5.91 Å². The van der Waals surface area contributed by atoms with Crippen LogP contribution in [0.25, 0.3) is 0 Å². The Hall–Kier alpha value is -1.67. The highest BCUT2D eigenvalue weighted by molar-refractivity contribution is 5.82. The average molecular weight is 272 g/mol. The fraction of sp³-hybridized carbons (Fsp3) is 0.636. The quantitative estimate of drug-likeness (QED) is 0.651. The Kier molecular flexibility index (Phi) is 4.01. The second-order valence-electron chi connectivity index (χ2n) is 4.40. The van der Waals surface area contributed by atoms with Crippen molar-refractivity contribution in [2.45, 2.75) is 31.7 Å². The monoisotopic (exact) mass is 272 g/mol. The number of imidazole rings is 1. The maximum absolute atomic E-state index is 12.2. The zero-order chi connectivity index (χ0) is 14.0. The van der Waals surface area contributed by atoms with Crippen molar-refractivity contribution in [1.29, 1.82) is 0 Å². The predicted octanol–water partition coefficient (Wildman–Crippen LogP) is -0.819. The van der Waals surface area contributed by atoms with Crippen LogP contribution in [0, 0.1) is 0 Å². The molecule has 1 aliphatic rings. The minimum atomic E-state index is -0.756. The molecule has 0 bridgehead atoms. The molecule has 1 amide bonds. The van der Waals surface area contributed by atoms with Gasteiger partial charge in [-0.25, -0.2) is 4.79 Å². The molecule has 2 atom stereocenters. The van der Waals surface area contributed by atoms with Gasteiger partial charge in [0.1, 0.15) is 12.1 Å². The zero-order valence-corrected chi connectivity index (χ0v) is 10.6. The number of ether oxygens (including phenoxy) is 1. The summed E-state index contributed by atoms with van der Waals surface area (Å²) in [5, 5.41) is 2.99. The van der Waals surface area contributed by atoms with Gasteiger partial charge in [0, 0.05) is 20.2 Å². The van der Waals surface area contributed by atoms with E-state index in [-0.39, 0.29) is 18.7 Å². The van der Waals surface area contributed by atoms with Crippen LogP contribution in [0.3, 0.4) is 0 Å². The predicted molar refractivity (Wildman–Crippen MR) is 65.2 cm³/mol. The van der Waals surface area contributed by atoms with Gasteiger partial charge in [-0.3, -0.25) is 19.1 Å². The summed E-state index contributed by atoms with van der Waals surface area (Å²) in [6.07, 6.45) is -0.322. The molecule has 0 fully saturated rings. The van der Waals surface area contributed by atoms with E-state index in [1.165, 1.54) is 11.7 Å². The SMILES string of the molecule is COC1NCc2c([nH]c(=O)n2CCCF)C1C(N)=O. The van der Waals surface area contributed by atoms with E-state index in [1.54, 1.807) is 0 Å². The first-order valence-electron chi connectivity index (χ1n) is 6.03. The number of amides is 1. The van der Waals surface area contributed by atoms with Gasteiger partial charge in [-0.2, -0.15) is 0 Å². The number of nitrogens with one attached hydrogen (secondary N) is 2. The molecule has 2 unspecified atom stereocenters. The highest BCUT2D eigenvalue weighted by Crippen LogP contribution is 2.26. The third-order valence-electron chi connectivity index (χ3n) is 3.28. The van der Waals surface area contributed by atoms with E-state index in [0.29, 0.717) is 17.9 Å². The minimum Gasteiger partial charge on any atom is -0.369 e. The van der Waals surface area contributed by atoms with E-state index in [2.05, 4.69) is 10.3 Å². The third-order valence-corrected chi connectivity index (χ3v) is 3.28. The van der Waals surface area contributed by atoms with Crippen molar-refractivity contribution in [3.63, 3.8) is 0 Å². The lowest BCUT2D eigenvalue weighted by atomic mass is 9.97. The van der Waals surface area contributed by atoms with Gasteiger partial charge in [-0.1, -0.05) is 0 Å². The normalized spacial score (nSPS) is 22.2. The summed E-state index contributed by atoms with van der Waals surface area (Å²) < 4.78 is 18.8. The van der Waals surface area contributed by atoms with Gasteiger partial charge in [0.05, 0.1) is 18.1 Å². The number of nitrogens with zero attached hydrogens (tertiary/aromatic N) is 1. The molecule has 1 aliphatic heterocycles. The maximum atomic E-state index is 12.2. The first kappa shape index (κ1) is 13.8. The summed E-state index contributed by atoms with van der Waals surface area (Å²) in [5.41, 5.74) is 6.09. The highest BCUT2D eigenvalue weighted by atomic mass is 19.1. The number of aromatic nitrogens is 2. The van der Waals surface area contributed by atoms with Crippen LogP contribution in [0.2, 0.25) is 0 Å². The Balaban J connectivity index is 2.42. The van der Waals surface area contributed by atoms with E-state index >= 15 is 0 Å². The molecule has 1 aromatic rings. The lowest BCUT2D eigenvalue weighted by Gasteiger charge is -2.29. The molecule has 0 saturated carbocycles. The Morgan fingerprint density at radius 2 is 2.37 bits per heavy atom. The Morgan fingerprint density at radius 3 is 2.95 bits per heavy atom. The van der Waals surface area contributed by atoms with Gasteiger partial charge in [-0.05, 0) is 6.42 Å². The van der Waals surface area contributed by atoms with Crippen molar-refractivity contribution in [1.82, 2.24) is 14.9 Å². The molecule has 0 aromatic carbocycles. The third kappa shape index (κ3) is 2.41. The average Bonchev–Trinajstić information content (AvgIpc) is 2.70. The molecular formula is C11H17FN4O3. The van der Waals surface area contributed by atoms with Crippen LogP contribution in [0.15, 0.2) is 4.79 Å². The number of alkyl halides is 1. The second kappa shape index (κ2) is 5.54. The van der Waals surface area contributed by atoms with E-state index in [4.69, 9.17) is 10.5 Å². The van der Waals surface area contributed by atoms with Crippen LogP contribution in [0.4, 0.5) is 4.39 Å². The van der Waals surface area contributed by atoms with Crippen LogP contribution < -0.4 is 16.7 Å². The maximum Gasteiger partial charge on any atom is 0.325 e. The lowest BCUT2D eigenvalue weighted by molar-refractivity contribution is -0.123. The Morgan fingerprint density at radius 1 is 1.63 bits per heavy atom. The molecule has 19 heavy (non-hydrogen) atoms. The number of nitrogens with two attached hydrogens (primary N) is 1. The molecule has 0 spiro atoms. The van der Waals surface area contributed by atoms with E-state index in [1.807, 2.05) is 0 Å². The molecule has 7 nitrogen and oxygen atoms in total. The van der Waals surface area contributed by atoms with E-state index in [9.17, 15) is 14.0 Å². The topological polar surface area (TPSA) is 102 Å². The zero-order valence-electron chi connectivity index (χ0n) is 10.6. The fourth-order valence-corrected chi connectivity index (χ4v) is 2.40. The van der Waals surface area contributed by atoms with Crippen LogP contribution in [0.5, 0.6) is 0 Å². The molecule has 0 radical (unpaired) electrons. The highest BCUT2D eigenvalue weighted by Gasteiger charge is 2.37. The first-order valence-corrected chi connectivity index (χ1v) is 6.03. The molecule has 2 rings (SSSR count). The van der Waals surface area contributed by atoms with Crippen molar-refractivity contribution in [2.24, 2.45) is 5.73 Å². The number of aromatic amines is 1. The van der Waals surface area contributed by atoms with Gasteiger partial charge < -0.3 is 15.5 Å². The summed E-state index contributed by atoms with van der Waals surface area (Å²) in [5.74, 6) is -1.34. The molecule has 8 heteroatoms. The number of carbonyl (C=O) groups is 1. The van der Waals surface area contributed by atoms with Gasteiger partial charge in [0.2, 0.25) is 5.91 Å². The Bertz CT molecular complexity index is 525. The van der Waals surface area contributed by atoms with Crippen LogP contribution in [-0.2, 0) is 22.6 Å². The molecule has 2 heterocycles. The number of fused-ring (bicyclic) bond motifs is 1. The van der Waals surface area contributed by atoms with Crippen molar-refractivity contribution in [3.05, 3.63) is 21.9 Å². The number of carbonyl (C=O) groups excluding carboxylic acids is 1. The molecule has 1 aromatic heterocycles. The molecule has 106 valence electrons. The van der Waals surface area contributed by atoms with Gasteiger partial charge >= 0.3 is 5.69 Å². The smallest absolute Gasteiger partial charge is 0.325 e. The van der Waals surface area contributed by atoms with E-state index in [0.717, 1.165) is 0 Å². The molecular weight excluding hydrogens is 255 g/mol. The minimum absolute atomic E-state index is 0.249. The second-order valence-corrected chi connectivity index (χ2v) is 4.40. The standard InChI is InChI=1S/C11H17FN4O3/c1-19-10-7(9(13)17)8-6(5-14-10)16(4-2-3-12)11(18)15-8/h7,10,14H,2-5H2,1H3,(H2,13,17)(H,15,18). The van der Waals surface area contributed by atoms with Gasteiger partial charge in [-0.15, -0.1) is 0 Å². The van der Waals surface area contributed by atoms with Crippen LogP contribution >= 0.6 is 0 Å². The summed E-state index contributed by atoms with van der Waals surface area (Å²) in [6, 6.07) is 0. The van der Waals surface area contributed by atoms with Crippen molar-refractivity contribution in [2.75, 3.05) is 13.8 Å². The van der Waals surface area contributed by atoms with E-state index < -0.39 is 24.7 Å². The Labute approximate surface area is 108 Å². The summed E-state index contributed by atoms with van der Waals surface area (Å²) >= 11 is 0. The number of H-pyrrole nitrogens is 1. The summed E-state index contributed by atoms with van der Waals surface area (Å²) in [4.78, 5) is 26.0. The van der Waals surface area contributed by atoms with Crippen LogP contribution in [-0.4, -0.2) is 35.5 Å². The molecule has 0 aliphatic carbocycles. The number of hydrogen-bond donors (Lipinski definition) is 3. The van der Waals surface area contributed by atoms with Crippen LogP contribution in [0.1, 0.15) is 23.7 Å². The van der Waals surface area contributed by atoms with Gasteiger partial charge in [0.25, 0.3) is 0 Å². The summed E-state index contributed by atoms with van der Waals surface area (Å²) in [6.45, 7) is 0.133. The number of methoxy groups -OCH3 is 1. The first-order chi connectivity index (χ1) is 9.10. The largest absolute Gasteiger partial charge is 0.369 e. The summed E-state index contributed by atoms with van der Waals surface area (Å²) in [7, 11) is 1.46.